The Labute approximate surface area is 163 Å². The van der Waals surface area contributed by atoms with Crippen molar-refractivity contribution in [1.29, 1.82) is 0 Å². The monoisotopic (exact) mass is 383 g/mol. The summed E-state index contributed by atoms with van der Waals surface area (Å²) in [6.07, 6.45) is 7.77. The van der Waals surface area contributed by atoms with Gasteiger partial charge in [-0.15, -0.1) is 0 Å². The topological polar surface area (TPSA) is 84.8 Å². The molecule has 3 fully saturated rings. The van der Waals surface area contributed by atoms with Gasteiger partial charge in [-0.2, -0.15) is 5.10 Å². The van der Waals surface area contributed by atoms with Crippen LogP contribution in [0.25, 0.3) is 11.4 Å². The second-order valence-electron chi connectivity index (χ2n) is 7.79. The van der Waals surface area contributed by atoms with E-state index in [4.69, 9.17) is 9.47 Å². The number of ether oxygens (including phenoxy) is 2. The van der Waals surface area contributed by atoms with Crippen molar-refractivity contribution in [2.75, 3.05) is 26.3 Å². The number of rotatable bonds is 6. The first-order valence-corrected chi connectivity index (χ1v) is 10.1. The Kier molecular flexibility index (Phi) is 4.64. The number of carbonyl (C=O) groups excluding carboxylic acids is 1. The number of pyridine rings is 1. The van der Waals surface area contributed by atoms with Crippen LogP contribution in [-0.2, 0) is 4.74 Å². The summed E-state index contributed by atoms with van der Waals surface area (Å²) in [6, 6.07) is 6.36. The Hall–Kier alpha value is -2.61. The number of hydrogen-bond acceptors (Lipinski definition) is 5. The summed E-state index contributed by atoms with van der Waals surface area (Å²) in [6.45, 7) is 2.97. The normalized spacial score (nSPS) is 22.1. The number of nitrogens with zero attached hydrogens (tertiary/aromatic N) is 4. The molecule has 0 bridgehead atoms. The standard InChI is InChI=1S/C20H25N5O3/c26-20(23-15-1-2-15)24-9-6-14(7-10-24)12-27-16-3-4-17(21-11-16)18-5-8-22-25(18)19-13-28-19/h3-5,8,11,14-15,19H,1-2,6-7,9-10,12-13H2,(H,23,26). The van der Waals surface area contributed by atoms with Crippen LogP contribution in [0.4, 0.5) is 4.79 Å². The lowest BCUT2D eigenvalue weighted by Gasteiger charge is -2.31. The van der Waals surface area contributed by atoms with Gasteiger partial charge < -0.3 is 19.7 Å². The van der Waals surface area contributed by atoms with E-state index in [0.717, 1.165) is 55.9 Å². The molecule has 28 heavy (non-hydrogen) atoms. The van der Waals surface area contributed by atoms with Crippen LogP contribution in [0.5, 0.6) is 5.75 Å². The minimum absolute atomic E-state index is 0.0416. The predicted molar refractivity (Wildman–Crippen MR) is 102 cm³/mol. The van der Waals surface area contributed by atoms with Crippen molar-refractivity contribution in [3.8, 4) is 17.1 Å². The highest BCUT2D eigenvalue weighted by molar-refractivity contribution is 5.74. The SMILES string of the molecule is O=C(NC1CC1)N1CCC(COc2ccc(-c3ccnn3C3CO3)nc2)CC1. The fraction of sp³-hybridized carbons (Fsp3) is 0.550. The van der Waals surface area contributed by atoms with Crippen molar-refractivity contribution < 1.29 is 14.3 Å². The van der Waals surface area contributed by atoms with Gasteiger partial charge in [0.05, 0.1) is 30.8 Å². The van der Waals surface area contributed by atoms with E-state index in [1.165, 1.54) is 0 Å². The number of urea groups is 1. The molecule has 3 aliphatic rings. The highest BCUT2D eigenvalue weighted by atomic mass is 16.6. The summed E-state index contributed by atoms with van der Waals surface area (Å²) in [5.74, 6) is 1.24. The van der Waals surface area contributed by atoms with Gasteiger partial charge in [0.2, 0.25) is 0 Å². The van der Waals surface area contributed by atoms with Crippen molar-refractivity contribution in [2.45, 2.75) is 38.0 Å². The number of amides is 2. The van der Waals surface area contributed by atoms with Gasteiger partial charge in [-0.05, 0) is 49.8 Å². The van der Waals surface area contributed by atoms with Crippen LogP contribution in [0, 0.1) is 5.92 Å². The van der Waals surface area contributed by atoms with Gasteiger partial charge in [0.15, 0.2) is 6.23 Å². The van der Waals surface area contributed by atoms with Crippen LogP contribution in [0.2, 0.25) is 0 Å². The molecule has 1 saturated carbocycles. The second-order valence-corrected chi connectivity index (χ2v) is 7.79. The van der Waals surface area contributed by atoms with Crippen molar-refractivity contribution >= 4 is 6.03 Å². The molecule has 0 aromatic carbocycles. The van der Waals surface area contributed by atoms with E-state index in [0.29, 0.717) is 25.2 Å². The smallest absolute Gasteiger partial charge is 0.317 e. The average molecular weight is 383 g/mol. The third-order valence-electron chi connectivity index (χ3n) is 5.55. The molecule has 2 aliphatic heterocycles. The molecule has 2 saturated heterocycles. The minimum Gasteiger partial charge on any atom is -0.492 e. The van der Waals surface area contributed by atoms with E-state index in [2.05, 4.69) is 15.4 Å². The van der Waals surface area contributed by atoms with Crippen LogP contribution in [0.3, 0.4) is 0 Å². The zero-order valence-corrected chi connectivity index (χ0v) is 15.8. The van der Waals surface area contributed by atoms with Crippen LogP contribution in [0.1, 0.15) is 31.9 Å². The zero-order chi connectivity index (χ0) is 18.9. The maximum atomic E-state index is 12.1. The Bertz CT molecular complexity index is 821. The Morgan fingerprint density at radius 2 is 2.04 bits per heavy atom. The summed E-state index contributed by atoms with van der Waals surface area (Å²) in [5.41, 5.74) is 1.81. The molecule has 0 radical (unpaired) electrons. The highest BCUT2D eigenvalue weighted by Gasteiger charge is 2.29. The van der Waals surface area contributed by atoms with Gasteiger partial charge in [-0.3, -0.25) is 4.98 Å². The summed E-state index contributed by atoms with van der Waals surface area (Å²) < 4.78 is 13.1. The number of hydrogen-bond donors (Lipinski definition) is 1. The van der Waals surface area contributed by atoms with E-state index in [9.17, 15) is 4.79 Å². The number of carbonyl (C=O) groups is 1. The van der Waals surface area contributed by atoms with E-state index in [1.54, 1.807) is 12.4 Å². The van der Waals surface area contributed by atoms with E-state index >= 15 is 0 Å². The molecule has 8 nitrogen and oxygen atoms in total. The van der Waals surface area contributed by atoms with Gasteiger partial charge in [-0.25, -0.2) is 9.48 Å². The molecule has 1 N–H and O–H groups in total. The van der Waals surface area contributed by atoms with Gasteiger partial charge in [0, 0.05) is 25.3 Å². The summed E-state index contributed by atoms with van der Waals surface area (Å²) in [5, 5.41) is 7.36. The van der Waals surface area contributed by atoms with Crippen molar-refractivity contribution in [3.63, 3.8) is 0 Å². The average Bonchev–Trinajstić information content (AvgIpc) is 3.67. The van der Waals surface area contributed by atoms with E-state index < -0.39 is 0 Å². The quantitative estimate of drug-likeness (QED) is 0.775. The van der Waals surface area contributed by atoms with Gasteiger partial charge >= 0.3 is 6.03 Å². The number of epoxide rings is 1. The van der Waals surface area contributed by atoms with Crippen LogP contribution >= 0.6 is 0 Å². The van der Waals surface area contributed by atoms with Crippen LogP contribution in [-0.4, -0.2) is 58.0 Å². The number of aromatic nitrogens is 3. The summed E-state index contributed by atoms with van der Waals surface area (Å²) >= 11 is 0. The first-order chi connectivity index (χ1) is 13.8. The molecule has 8 heteroatoms. The van der Waals surface area contributed by atoms with Gasteiger partial charge in [-0.1, -0.05) is 0 Å². The first-order valence-electron chi connectivity index (χ1n) is 10.1. The van der Waals surface area contributed by atoms with Crippen LogP contribution in [0.15, 0.2) is 30.6 Å². The number of piperidine rings is 1. The molecule has 2 aromatic heterocycles. The third kappa shape index (κ3) is 3.96. The molecule has 5 rings (SSSR count). The molecular formula is C20H25N5O3. The third-order valence-corrected chi connectivity index (χ3v) is 5.55. The Morgan fingerprint density at radius 3 is 2.71 bits per heavy atom. The maximum absolute atomic E-state index is 12.1. The van der Waals surface area contributed by atoms with E-state index in [-0.39, 0.29) is 12.3 Å². The fourth-order valence-electron chi connectivity index (χ4n) is 3.56. The molecule has 1 aliphatic carbocycles. The van der Waals surface area contributed by atoms with E-state index in [1.807, 2.05) is 27.8 Å². The van der Waals surface area contributed by atoms with Gasteiger partial charge in [0.25, 0.3) is 0 Å². The summed E-state index contributed by atoms with van der Waals surface area (Å²) in [7, 11) is 0. The van der Waals surface area contributed by atoms with Crippen molar-refractivity contribution in [2.24, 2.45) is 5.92 Å². The molecule has 2 amide bonds. The maximum Gasteiger partial charge on any atom is 0.317 e. The molecule has 2 aromatic rings. The van der Waals surface area contributed by atoms with Crippen LogP contribution < -0.4 is 10.1 Å². The number of likely N-dealkylation sites (tertiary alicyclic amines) is 1. The lowest BCUT2D eigenvalue weighted by Crippen LogP contribution is -2.45. The molecule has 0 spiro atoms. The lowest BCUT2D eigenvalue weighted by molar-refractivity contribution is 0.145. The Balaban J connectivity index is 1.10. The van der Waals surface area contributed by atoms with Gasteiger partial charge in [0.1, 0.15) is 5.75 Å². The summed E-state index contributed by atoms with van der Waals surface area (Å²) in [4.78, 5) is 18.5. The largest absolute Gasteiger partial charge is 0.492 e. The lowest BCUT2D eigenvalue weighted by atomic mass is 9.98. The zero-order valence-electron chi connectivity index (χ0n) is 15.8. The molecule has 1 atom stereocenters. The first kappa shape index (κ1) is 17.5. The second kappa shape index (κ2) is 7.43. The predicted octanol–water partition coefficient (Wildman–Crippen LogP) is 2.44. The Morgan fingerprint density at radius 1 is 1.21 bits per heavy atom. The van der Waals surface area contributed by atoms with Crippen molar-refractivity contribution in [1.82, 2.24) is 25.0 Å². The molecule has 1 unspecified atom stereocenters. The molecule has 148 valence electrons. The fourth-order valence-corrected chi connectivity index (χ4v) is 3.56. The molecule has 4 heterocycles. The number of nitrogens with one attached hydrogen (secondary N) is 1. The molecular weight excluding hydrogens is 358 g/mol. The minimum atomic E-state index is 0.0416. The highest BCUT2D eigenvalue weighted by Crippen LogP contribution is 2.29. The van der Waals surface area contributed by atoms with Crippen molar-refractivity contribution in [3.05, 3.63) is 30.6 Å².